The van der Waals surface area contributed by atoms with E-state index in [1.54, 1.807) is 0 Å². The molecule has 104 valence electrons. The second-order valence-corrected chi connectivity index (χ2v) is 4.73. The third-order valence-electron chi connectivity index (χ3n) is 3.42. The Labute approximate surface area is 111 Å². The molecule has 0 aromatic heterocycles. The van der Waals surface area contributed by atoms with Crippen molar-refractivity contribution in [1.29, 1.82) is 0 Å². The number of rotatable bonds is 4. The van der Waals surface area contributed by atoms with Crippen LogP contribution in [0.4, 0.5) is 8.78 Å². The summed E-state index contributed by atoms with van der Waals surface area (Å²) in [6, 6.07) is 2.63. The van der Waals surface area contributed by atoms with Crippen LogP contribution in [0.2, 0.25) is 0 Å². The average Bonchev–Trinajstić information content (AvgIpc) is 2.84. The van der Waals surface area contributed by atoms with Gasteiger partial charge in [0.25, 0.3) is 0 Å². The summed E-state index contributed by atoms with van der Waals surface area (Å²) in [7, 11) is 0. The normalized spacial score (nSPS) is 22.7. The number of benzene rings is 1. The van der Waals surface area contributed by atoms with Crippen LogP contribution in [-0.4, -0.2) is 31.6 Å². The molecular formula is C14H17F2NO2. The number of hydrogen-bond donors (Lipinski definition) is 1. The van der Waals surface area contributed by atoms with Gasteiger partial charge in [-0.25, -0.2) is 8.78 Å². The minimum atomic E-state index is -1.06. The summed E-state index contributed by atoms with van der Waals surface area (Å²) in [4.78, 5) is 12.3. The Hall–Kier alpha value is -1.33. The third kappa shape index (κ3) is 2.67. The van der Waals surface area contributed by atoms with Crippen LogP contribution < -0.4 is 5.32 Å². The van der Waals surface area contributed by atoms with Crippen LogP contribution in [0.1, 0.15) is 22.8 Å². The quantitative estimate of drug-likeness (QED) is 0.850. The van der Waals surface area contributed by atoms with Gasteiger partial charge >= 0.3 is 0 Å². The Morgan fingerprint density at radius 2 is 2.11 bits per heavy atom. The zero-order valence-corrected chi connectivity index (χ0v) is 11.0. The smallest absolute Gasteiger partial charge is 0.172 e. The van der Waals surface area contributed by atoms with Crippen LogP contribution in [0.15, 0.2) is 12.1 Å². The lowest BCUT2D eigenvalue weighted by Gasteiger charge is -2.17. The second-order valence-electron chi connectivity index (χ2n) is 4.73. The van der Waals surface area contributed by atoms with Crippen molar-refractivity contribution in [2.45, 2.75) is 19.9 Å². The van der Waals surface area contributed by atoms with Gasteiger partial charge in [0.1, 0.15) is 0 Å². The van der Waals surface area contributed by atoms with Gasteiger partial charge in [0.15, 0.2) is 17.4 Å². The summed E-state index contributed by atoms with van der Waals surface area (Å²) in [5.74, 6) is -2.88. The van der Waals surface area contributed by atoms with Gasteiger partial charge in [-0.3, -0.25) is 4.79 Å². The lowest BCUT2D eigenvalue weighted by atomic mass is 9.92. The van der Waals surface area contributed by atoms with Gasteiger partial charge in [0.05, 0.1) is 24.7 Å². The molecule has 2 rings (SSSR count). The lowest BCUT2D eigenvalue weighted by molar-refractivity contribution is 0.0886. The maximum absolute atomic E-state index is 13.8. The standard InChI is InChI=1S/C14H17F2NO2/c1-3-17-11-7-19-6-10(11)14(18)9-5-4-8(2)12(15)13(9)16/h4-5,10-11,17H,3,6-7H2,1-2H3. The number of ketones is 1. The fraction of sp³-hybridized carbons (Fsp3) is 0.500. The molecule has 1 aliphatic rings. The summed E-state index contributed by atoms with van der Waals surface area (Å²) in [5, 5.41) is 3.13. The highest BCUT2D eigenvalue weighted by atomic mass is 19.2. The van der Waals surface area contributed by atoms with E-state index in [9.17, 15) is 13.6 Å². The van der Waals surface area contributed by atoms with E-state index in [4.69, 9.17) is 4.74 Å². The number of Topliss-reactive ketones (excluding diaryl/α,β-unsaturated/α-hetero) is 1. The molecule has 0 amide bonds. The number of halogens is 2. The molecule has 0 saturated carbocycles. The molecule has 2 unspecified atom stereocenters. The molecule has 0 bridgehead atoms. The zero-order chi connectivity index (χ0) is 14.0. The summed E-state index contributed by atoms with van der Waals surface area (Å²) in [6.07, 6.45) is 0. The number of likely N-dealkylation sites (N-methyl/N-ethyl adjacent to an activating group) is 1. The van der Waals surface area contributed by atoms with Crippen LogP contribution in [0.25, 0.3) is 0 Å². The number of hydrogen-bond acceptors (Lipinski definition) is 3. The second kappa shape index (κ2) is 5.75. The van der Waals surface area contributed by atoms with Crippen molar-refractivity contribution in [1.82, 2.24) is 5.32 Å². The molecule has 1 fully saturated rings. The van der Waals surface area contributed by atoms with Crippen molar-refractivity contribution in [3.8, 4) is 0 Å². The molecule has 1 N–H and O–H groups in total. The first kappa shape index (κ1) is 14.1. The average molecular weight is 269 g/mol. The summed E-state index contributed by atoms with van der Waals surface area (Å²) < 4.78 is 32.6. The molecule has 1 heterocycles. The SMILES string of the molecule is CCNC1COCC1C(=O)c1ccc(C)c(F)c1F. The molecule has 0 radical (unpaired) electrons. The fourth-order valence-electron chi connectivity index (χ4n) is 2.31. The monoisotopic (exact) mass is 269 g/mol. The van der Waals surface area contributed by atoms with Gasteiger partial charge < -0.3 is 10.1 Å². The third-order valence-corrected chi connectivity index (χ3v) is 3.42. The Kier molecular flexibility index (Phi) is 4.27. The van der Waals surface area contributed by atoms with Crippen molar-refractivity contribution in [3.05, 3.63) is 34.9 Å². The molecule has 5 heteroatoms. The first-order valence-electron chi connectivity index (χ1n) is 6.36. The predicted molar refractivity (Wildman–Crippen MR) is 67.2 cm³/mol. The van der Waals surface area contributed by atoms with Gasteiger partial charge in [-0.05, 0) is 25.1 Å². The fourth-order valence-corrected chi connectivity index (χ4v) is 2.31. The zero-order valence-electron chi connectivity index (χ0n) is 11.0. The van der Waals surface area contributed by atoms with Gasteiger partial charge in [-0.1, -0.05) is 13.0 Å². The van der Waals surface area contributed by atoms with Crippen LogP contribution >= 0.6 is 0 Å². The maximum Gasteiger partial charge on any atom is 0.172 e. The summed E-state index contributed by atoms with van der Waals surface area (Å²) >= 11 is 0. The number of ether oxygens (including phenoxy) is 1. The highest BCUT2D eigenvalue weighted by Gasteiger charge is 2.35. The molecule has 1 saturated heterocycles. The van der Waals surface area contributed by atoms with E-state index >= 15 is 0 Å². The van der Waals surface area contributed by atoms with E-state index in [0.717, 1.165) is 0 Å². The molecule has 0 aliphatic carbocycles. The Balaban J connectivity index is 2.27. The van der Waals surface area contributed by atoms with Crippen LogP contribution in [0.3, 0.4) is 0 Å². The summed E-state index contributed by atoms with van der Waals surface area (Å²) in [5.41, 5.74) is 0.00135. The Morgan fingerprint density at radius 3 is 2.79 bits per heavy atom. The van der Waals surface area contributed by atoms with Gasteiger partial charge in [0.2, 0.25) is 0 Å². The maximum atomic E-state index is 13.8. The van der Waals surface area contributed by atoms with Crippen molar-refractivity contribution < 1.29 is 18.3 Å². The van der Waals surface area contributed by atoms with E-state index in [1.165, 1.54) is 19.1 Å². The molecule has 3 nitrogen and oxygen atoms in total. The minimum absolute atomic E-state index is 0.138. The summed E-state index contributed by atoms with van der Waals surface area (Å²) in [6.45, 7) is 4.74. The molecule has 2 atom stereocenters. The van der Waals surface area contributed by atoms with Crippen molar-refractivity contribution in [3.63, 3.8) is 0 Å². The van der Waals surface area contributed by atoms with E-state index in [0.29, 0.717) is 13.2 Å². The van der Waals surface area contributed by atoms with E-state index in [-0.39, 0.29) is 23.8 Å². The molecule has 1 aliphatic heterocycles. The largest absolute Gasteiger partial charge is 0.379 e. The van der Waals surface area contributed by atoms with E-state index < -0.39 is 23.3 Å². The molecule has 1 aromatic rings. The topological polar surface area (TPSA) is 38.3 Å². The lowest BCUT2D eigenvalue weighted by Crippen LogP contribution is -2.39. The number of aryl methyl sites for hydroxylation is 1. The Morgan fingerprint density at radius 1 is 1.37 bits per heavy atom. The molecule has 1 aromatic carbocycles. The predicted octanol–water partition coefficient (Wildman–Crippen LogP) is 2.08. The van der Waals surface area contributed by atoms with Crippen molar-refractivity contribution in [2.75, 3.05) is 19.8 Å². The first-order valence-corrected chi connectivity index (χ1v) is 6.36. The Bertz CT molecular complexity index is 491. The molecule has 0 spiro atoms. The number of carbonyl (C=O) groups is 1. The van der Waals surface area contributed by atoms with Crippen LogP contribution in [0, 0.1) is 24.5 Å². The van der Waals surface area contributed by atoms with Crippen LogP contribution in [0.5, 0.6) is 0 Å². The van der Waals surface area contributed by atoms with Crippen molar-refractivity contribution in [2.24, 2.45) is 5.92 Å². The van der Waals surface area contributed by atoms with E-state index in [2.05, 4.69) is 5.32 Å². The number of nitrogens with one attached hydrogen (secondary N) is 1. The van der Waals surface area contributed by atoms with Crippen molar-refractivity contribution >= 4 is 5.78 Å². The number of carbonyl (C=O) groups excluding carboxylic acids is 1. The van der Waals surface area contributed by atoms with Crippen LogP contribution in [-0.2, 0) is 4.74 Å². The first-order chi connectivity index (χ1) is 9.06. The highest BCUT2D eigenvalue weighted by Crippen LogP contribution is 2.23. The van der Waals surface area contributed by atoms with Gasteiger partial charge in [-0.2, -0.15) is 0 Å². The molecule has 19 heavy (non-hydrogen) atoms. The highest BCUT2D eigenvalue weighted by molar-refractivity contribution is 5.99. The van der Waals surface area contributed by atoms with Gasteiger partial charge in [0, 0.05) is 6.04 Å². The molecular weight excluding hydrogens is 252 g/mol. The van der Waals surface area contributed by atoms with Gasteiger partial charge in [-0.15, -0.1) is 0 Å². The minimum Gasteiger partial charge on any atom is -0.379 e. The van der Waals surface area contributed by atoms with E-state index in [1.807, 2.05) is 6.92 Å².